The molecule has 37 heavy (non-hydrogen) atoms. The number of rotatable bonds is 16. The Kier molecular flexibility index (Phi) is 12.6. The highest BCUT2D eigenvalue weighted by molar-refractivity contribution is 5.91. The zero-order valence-corrected chi connectivity index (χ0v) is 21.8. The number of hydrogen-bond acceptors (Lipinski definition) is 9. The van der Waals surface area contributed by atoms with Gasteiger partial charge >= 0.3 is 11.9 Å². The van der Waals surface area contributed by atoms with E-state index in [4.69, 9.17) is 28.4 Å². The Hall–Kier alpha value is -3.40. The molecule has 0 aromatic heterocycles. The smallest absolute Gasteiger partial charge is 0.331 e. The summed E-state index contributed by atoms with van der Waals surface area (Å²) in [4.78, 5) is 23.2. The van der Waals surface area contributed by atoms with Gasteiger partial charge in [0.1, 0.15) is 44.0 Å². The predicted molar refractivity (Wildman–Crippen MR) is 137 cm³/mol. The summed E-state index contributed by atoms with van der Waals surface area (Å²) in [5.74, 6) is -0.0246. The molecule has 0 saturated heterocycles. The monoisotopic (exact) mass is 516 g/mol. The molecule has 202 valence electrons. The highest BCUT2D eigenvalue weighted by Crippen LogP contribution is 2.33. The van der Waals surface area contributed by atoms with Crippen LogP contribution in [-0.4, -0.2) is 77.0 Å². The summed E-state index contributed by atoms with van der Waals surface area (Å²) in [5, 5.41) is 9.42. The van der Waals surface area contributed by atoms with Gasteiger partial charge in [-0.1, -0.05) is 38.1 Å². The van der Waals surface area contributed by atoms with Crippen LogP contribution in [0.2, 0.25) is 0 Å². The number of benzene rings is 2. The highest BCUT2D eigenvalue weighted by atomic mass is 16.6. The van der Waals surface area contributed by atoms with E-state index < -0.39 is 18.0 Å². The summed E-state index contributed by atoms with van der Waals surface area (Å²) in [6.45, 7) is 5.32. The van der Waals surface area contributed by atoms with Crippen LogP contribution >= 0.6 is 0 Å². The molecule has 2 aromatic rings. The van der Waals surface area contributed by atoms with Crippen LogP contribution in [0, 0.1) is 0 Å². The molecule has 0 saturated carbocycles. The van der Waals surface area contributed by atoms with E-state index in [1.165, 1.54) is 7.11 Å². The van der Waals surface area contributed by atoms with Gasteiger partial charge in [-0.05, 0) is 35.4 Å². The molecule has 0 amide bonds. The molecule has 1 unspecified atom stereocenters. The van der Waals surface area contributed by atoms with Gasteiger partial charge in [-0.25, -0.2) is 9.59 Å². The molecule has 0 bridgehead atoms. The third-order valence-electron chi connectivity index (χ3n) is 5.44. The topological polar surface area (TPSA) is 110 Å². The fraction of sp³-hybridized carbons (Fsp3) is 0.429. The Balaban J connectivity index is 1.76. The van der Waals surface area contributed by atoms with Crippen molar-refractivity contribution in [1.82, 2.24) is 0 Å². The zero-order chi connectivity index (χ0) is 27.1. The predicted octanol–water partition coefficient (Wildman–Crippen LogP) is 3.07. The molecule has 2 aromatic carbocycles. The van der Waals surface area contributed by atoms with Crippen molar-refractivity contribution in [2.45, 2.75) is 25.4 Å². The lowest BCUT2D eigenvalue weighted by Crippen LogP contribution is -2.22. The molecule has 0 aliphatic carbocycles. The van der Waals surface area contributed by atoms with Crippen molar-refractivity contribution in [2.75, 3.05) is 53.9 Å². The molecule has 2 rings (SSSR count). The van der Waals surface area contributed by atoms with Crippen LogP contribution in [0.25, 0.3) is 0 Å². The van der Waals surface area contributed by atoms with Gasteiger partial charge in [0.2, 0.25) is 0 Å². The van der Waals surface area contributed by atoms with E-state index in [2.05, 4.69) is 26.0 Å². The van der Waals surface area contributed by atoms with E-state index in [-0.39, 0.29) is 31.8 Å². The first-order valence-electron chi connectivity index (χ1n) is 11.9. The van der Waals surface area contributed by atoms with Crippen molar-refractivity contribution in [3.8, 4) is 11.5 Å². The van der Waals surface area contributed by atoms with Crippen LogP contribution in [0.3, 0.4) is 0 Å². The third-order valence-corrected chi connectivity index (χ3v) is 5.44. The van der Waals surface area contributed by atoms with Crippen LogP contribution in [0.4, 0.5) is 0 Å². The molecular formula is C28H36O9. The minimum absolute atomic E-state index is 0.0107. The van der Waals surface area contributed by atoms with E-state index in [0.717, 1.165) is 29.0 Å². The number of aliphatic hydroxyl groups excluding tert-OH is 1. The van der Waals surface area contributed by atoms with E-state index >= 15 is 0 Å². The zero-order valence-electron chi connectivity index (χ0n) is 21.8. The van der Waals surface area contributed by atoms with Gasteiger partial charge in [-0.2, -0.15) is 0 Å². The minimum Gasteiger partial charge on any atom is -0.491 e. The second kappa shape index (κ2) is 15.7. The molecule has 0 aliphatic heterocycles. The molecule has 9 nitrogen and oxygen atoms in total. The van der Waals surface area contributed by atoms with E-state index in [1.807, 2.05) is 36.4 Å². The van der Waals surface area contributed by atoms with Crippen LogP contribution < -0.4 is 9.47 Å². The lowest BCUT2D eigenvalue weighted by atomic mass is 9.78. The number of ether oxygens (including phenoxy) is 6. The largest absolute Gasteiger partial charge is 0.491 e. The Morgan fingerprint density at radius 2 is 1.22 bits per heavy atom. The molecule has 9 heteroatoms. The van der Waals surface area contributed by atoms with Gasteiger partial charge in [-0.3, -0.25) is 0 Å². The van der Waals surface area contributed by atoms with Gasteiger partial charge in [0.05, 0.1) is 13.2 Å². The first-order valence-corrected chi connectivity index (χ1v) is 11.9. The molecule has 1 N–H and O–H groups in total. The molecule has 0 spiro atoms. The van der Waals surface area contributed by atoms with Crippen LogP contribution in [-0.2, 0) is 34.0 Å². The van der Waals surface area contributed by atoms with Crippen LogP contribution in [0.15, 0.2) is 60.7 Å². The van der Waals surface area contributed by atoms with Crippen molar-refractivity contribution in [3.63, 3.8) is 0 Å². The second-order valence-corrected chi connectivity index (χ2v) is 8.60. The van der Waals surface area contributed by atoms with Gasteiger partial charge in [0.15, 0.2) is 0 Å². The number of methoxy groups -OCH3 is 2. The van der Waals surface area contributed by atoms with E-state index in [9.17, 15) is 14.7 Å². The molecule has 0 heterocycles. The molecule has 0 aliphatic rings. The van der Waals surface area contributed by atoms with Crippen molar-refractivity contribution < 1.29 is 43.1 Å². The number of carbonyl (C=O) groups excluding carboxylic acids is 2. The minimum atomic E-state index is -0.926. The highest BCUT2D eigenvalue weighted by Gasteiger charge is 2.23. The maximum atomic E-state index is 11.7. The van der Waals surface area contributed by atoms with E-state index in [1.54, 1.807) is 7.11 Å². The molecular weight excluding hydrogens is 480 g/mol. The summed E-state index contributed by atoms with van der Waals surface area (Å²) >= 11 is 0. The van der Waals surface area contributed by atoms with Gasteiger partial charge in [-0.15, -0.1) is 0 Å². The lowest BCUT2D eigenvalue weighted by molar-refractivity contribution is -0.143. The van der Waals surface area contributed by atoms with Crippen molar-refractivity contribution in [2.24, 2.45) is 0 Å². The van der Waals surface area contributed by atoms with Crippen molar-refractivity contribution >= 4 is 11.9 Å². The standard InChI is InChI=1S/C28H36O9/c1-28(2,21-5-9-24(10-6-21)34-16-15-32-3)22-7-11-25(12-8-22)35-17-18-36-26(30)13-14-27(31)37-20-23(29)19-33-4/h5-14,23,29H,15-20H2,1-4H3/b14-13+. The number of carbonyl (C=O) groups is 2. The van der Waals surface area contributed by atoms with E-state index in [0.29, 0.717) is 19.0 Å². The summed E-state index contributed by atoms with van der Waals surface area (Å²) < 4.78 is 30.8. The quantitative estimate of drug-likeness (QED) is 0.204. The summed E-state index contributed by atoms with van der Waals surface area (Å²) in [6, 6.07) is 15.8. The first kappa shape index (κ1) is 29.8. The Morgan fingerprint density at radius 1 is 0.730 bits per heavy atom. The average Bonchev–Trinajstić information content (AvgIpc) is 2.89. The second-order valence-electron chi connectivity index (χ2n) is 8.60. The molecule has 0 fully saturated rings. The fourth-order valence-electron chi connectivity index (χ4n) is 3.30. The third kappa shape index (κ3) is 10.6. The lowest BCUT2D eigenvalue weighted by Gasteiger charge is -2.26. The number of aliphatic hydroxyl groups is 1. The van der Waals surface area contributed by atoms with Crippen LogP contribution in [0.5, 0.6) is 11.5 Å². The van der Waals surface area contributed by atoms with Gasteiger partial charge < -0.3 is 33.5 Å². The van der Waals surface area contributed by atoms with Crippen molar-refractivity contribution in [1.29, 1.82) is 0 Å². The number of hydrogen-bond donors (Lipinski definition) is 1. The summed E-state index contributed by atoms with van der Waals surface area (Å²) in [5.41, 5.74) is 2.04. The number of esters is 2. The molecule has 0 radical (unpaired) electrons. The average molecular weight is 517 g/mol. The Labute approximate surface area is 217 Å². The normalized spacial score (nSPS) is 12.2. The fourth-order valence-corrected chi connectivity index (χ4v) is 3.30. The van der Waals surface area contributed by atoms with Crippen LogP contribution in [0.1, 0.15) is 25.0 Å². The van der Waals surface area contributed by atoms with Gasteiger partial charge in [0, 0.05) is 31.8 Å². The SMILES string of the molecule is COCCOc1ccc(C(C)(C)c2ccc(OCCOC(=O)/C=C/C(=O)OCC(O)COC)cc2)cc1. The Bertz CT molecular complexity index is 982. The maximum absolute atomic E-state index is 11.7. The Morgan fingerprint density at radius 3 is 1.70 bits per heavy atom. The summed E-state index contributed by atoms with van der Waals surface area (Å²) in [7, 11) is 3.06. The maximum Gasteiger partial charge on any atom is 0.331 e. The van der Waals surface area contributed by atoms with Gasteiger partial charge in [0.25, 0.3) is 0 Å². The first-order chi connectivity index (χ1) is 17.8. The molecule has 1 atom stereocenters. The van der Waals surface area contributed by atoms with Crippen molar-refractivity contribution in [3.05, 3.63) is 71.8 Å². The summed E-state index contributed by atoms with van der Waals surface area (Å²) in [6.07, 6.45) is 0.968.